The zero-order chi connectivity index (χ0) is 11.1. The molecule has 0 N–H and O–H groups in total. The maximum absolute atomic E-state index is 6.10. The minimum Gasteiger partial charge on any atom is -0.383 e. The molecule has 4 heteroatoms. The average molecular weight is 236 g/mol. The summed E-state index contributed by atoms with van der Waals surface area (Å²) in [6.45, 7) is 4.48. The second kappa shape index (κ2) is 7.44. The Labute approximate surface area is 97.7 Å². The van der Waals surface area contributed by atoms with Gasteiger partial charge in [-0.05, 0) is 25.8 Å². The average Bonchev–Trinajstić information content (AvgIpc) is 2.19. The normalized spacial score (nSPS) is 20.8. The van der Waals surface area contributed by atoms with E-state index in [1.54, 1.807) is 7.11 Å². The van der Waals surface area contributed by atoms with Gasteiger partial charge in [0.05, 0.1) is 12.0 Å². The summed E-state index contributed by atoms with van der Waals surface area (Å²) in [5.41, 5.74) is 0. The van der Waals surface area contributed by atoms with Crippen LogP contribution in [0.2, 0.25) is 0 Å². The predicted octanol–water partition coefficient (Wildman–Crippen LogP) is 1.60. The van der Waals surface area contributed by atoms with E-state index < -0.39 is 0 Å². The van der Waals surface area contributed by atoms with Crippen molar-refractivity contribution in [1.29, 1.82) is 0 Å². The molecule has 0 aromatic carbocycles. The van der Waals surface area contributed by atoms with Crippen molar-refractivity contribution in [2.45, 2.75) is 18.2 Å². The molecular formula is C11H22ClNO2. The Kier molecular flexibility index (Phi) is 6.57. The third kappa shape index (κ3) is 5.71. The first kappa shape index (κ1) is 13.2. The van der Waals surface area contributed by atoms with E-state index in [1.807, 2.05) is 0 Å². The van der Waals surface area contributed by atoms with E-state index in [4.69, 9.17) is 21.1 Å². The molecule has 1 rings (SSSR count). The molecule has 3 nitrogen and oxygen atoms in total. The number of halogens is 1. The quantitative estimate of drug-likeness (QED) is 0.653. The van der Waals surface area contributed by atoms with Crippen LogP contribution in [-0.4, -0.2) is 57.3 Å². The van der Waals surface area contributed by atoms with Gasteiger partial charge in [-0.2, -0.15) is 0 Å². The van der Waals surface area contributed by atoms with Crippen molar-refractivity contribution in [2.75, 3.05) is 47.1 Å². The van der Waals surface area contributed by atoms with Gasteiger partial charge in [-0.3, -0.25) is 0 Å². The van der Waals surface area contributed by atoms with Crippen molar-refractivity contribution in [3.63, 3.8) is 0 Å². The number of methoxy groups -OCH3 is 1. The molecule has 1 fully saturated rings. The van der Waals surface area contributed by atoms with Crippen molar-refractivity contribution in [3.8, 4) is 0 Å². The number of hydrogen-bond donors (Lipinski definition) is 0. The van der Waals surface area contributed by atoms with Crippen LogP contribution in [0.4, 0.5) is 0 Å². The number of hydrogen-bond acceptors (Lipinski definition) is 3. The summed E-state index contributed by atoms with van der Waals surface area (Å²) < 4.78 is 10.4. The first-order valence-corrected chi connectivity index (χ1v) is 6.05. The fourth-order valence-electron chi connectivity index (χ4n) is 2.02. The lowest BCUT2D eigenvalue weighted by Gasteiger charge is -2.28. The van der Waals surface area contributed by atoms with Crippen LogP contribution in [0.5, 0.6) is 0 Å². The molecule has 0 aromatic heterocycles. The largest absolute Gasteiger partial charge is 0.383 e. The standard InChI is InChI=1S/C11H22ClNO2/c1-13(8-11(12)9-14-2)7-10-3-5-15-6-4-10/h10-11H,3-9H2,1-2H3. The summed E-state index contributed by atoms with van der Waals surface area (Å²) in [4.78, 5) is 2.30. The minimum absolute atomic E-state index is 0.0971. The van der Waals surface area contributed by atoms with Crippen LogP contribution >= 0.6 is 11.6 Å². The minimum atomic E-state index is 0.0971. The first-order valence-electron chi connectivity index (χ1n) is 5.61. The Morgan fingerprint density at radius 2 is 2.13 bits per heavy atom. The van der Waals surface area contributed by atoms with Crippen LogP contribution in [0.15, 0.2) is 0 Å². The van der Waals surface area contributed by atoms with Gasteiger partial charge in [0.1, 0.15) is 0 Å². The zero-order valence-electron chi connectivity index (χ0n) is 9.75. The van der Waals surface area contributed by atoms with Gasteiger partial charge >= 0.3 is 0 Å². The molecule has 1 aliphatic rings. The summed E-state index contributed by atoms with van der Waals surface area (Å²) in [6.07, 6.45) is 2.36. The number of rotatable bonds is 6. The van der Waals surface area contributed by atoms with Crippen LogP contribution in [0.3, 0.4) is 0 Å². The Bertz CT molecular complexity index is 163. The Hall–Kier alpha value is 0.170. The topological polar surface area (TPSA) is 21.7 Å². The Balaban J connectivity index is 2.13. The summed E-state index contributed by atoms with van der Waals surface area (Å²) in [5.74, 6) is 0.773. The molecule has 0 aliphatic carbocycles. The van der Waals surface area contributed by atoms with E-state index >= 15 is 0 Å². The lowest BCUT2D eigenvalue weighted by Crippen LogP contribution is -2.34. The smallest absolute Gasteiger partial charge is 0.0696 e. The summed E-state index contributed by atoms with van der Waals surface area (Å²) in [7, 11) is 3.81. The van der Waals surface area contributed by atoms with Crippen LogP contribution in [0, 0.1) is 5.92 Å². The third-order valence-electron chi connectivity index (χ3n) is 2.77. The van der Waals surface area contributed by atoms with Gasteiger partial charge in [-0.1, -0.05) is 0 Å². The lowest BCUT2D eigenvalue weighted by molar-refractivity contribution is 0.0549. The Morgan fingerprint density at radius 3 is 2.73 bits per heavy atom. The van der Waals surface area contributed by atoms with Gasteiger partial charge in [0.2, 0.25) is 0 Å². The highest BCUT2D eigenvalue weighted by molar-refractivity contribution is 6.20. The monoisotopic (exact) mass is 235 g/mol. The lowest BCUT2D eigenvalue weighted by atomic mass is 10.00. The molecule has 1 unspecified atom stereocenters. The maximum Gasteiger partial charge on any atom is 0.0696 e. The maximum atomic E-state index is 6.10. The van der Waals surface area contributed by atoms with Crippen LogP contribution in [0.25, 0.3) is 0 Å². The van der Waals surface area contributed by atoms with Gasteiger partial charge in [0.25, 0.3) is 0 Å². The molecule has 1 heterocycles. The van der Waals surface area contributed by atoms with E-state index in [-0.39, 0.29) is 5.38 Å². The first-order chi connectivity index (χ1) is 7.22. The van der Waals surface area contributed by atoms with Crippen molar-refractivity contribution in [1.82, 2.24) is 4.90 Å². The summed E-state index contributed by atoms with van der Waals surface area (Å²) in [5, 5.41) is 0.0971. The molecule has 0 radical (unpaired) electrons. The molecule has 0 saturated carbocycles. The van der Waals surface area contributed by atoms with E-state index in [0.717, 1.165) is 32.2 Å². The van der Waals surface area contributed by atoms with Crippen molar-refractivity contribution in [2.24, 2.45) is 5.92 Å². The van der Waals surface area contributed by atoms with E-state index in [0.29, 0.717) is 6.61 Å². The van der Waals surface area contributed by atoms with E-state index in [9.17, 15) is 0 Å². The molecule has 90 valence electrons. The Morgan fingerprint density at radius 1 is 1.47 bits per heavy atom. The highest BCUT2D eigenvalue weighted by atomic mass is 35.5. The van der Waals surface area contributed by atoms with Crippen molar-refractivity contribution in [3.05, 3.63) is 0 Å². The highest BCUT2D eigenvalue weighted by Crippen LogP contribution is 2.15. The molecule has 0 aromatic rings. The SMILES string of the molecule is COCC(Cl)CN(C)CC1CCOCC1. The van der Waals surface area contributed by atoms with Gasteiger partial charge in [-0.25, -0.2) is 0 Å². The van der Waals surface area contributed by atoms with Crippen LogP contribution in [0.1, 0.15) is 12.8 Å². The fourth-order valence-corrected chi connectivity index (χ4v) is 2.38. The molecule has 0 bridgehead atoms. The van der Waals surface area contributed by atoms with Crippen LogP contribution < -0.4 is 0 Å². The van der Waals surface area contributed by atoms with Gasteiger partial charge < -0.3 is 14.4 Å². The zero-order valence-corrected chi connectivity index (χ0v) is 10.5. The second-order valence-electron chi connectivity index (χ2n) is 4.33. The molecule has 0 spiro atoms. The summed E-state index contributed by atoms with van der Waals surface area (Å²) in [6, 6.07) is 0. The summed E-state index contributed by atoms with van der Waals surface area (Å²) >= 11 is 6.10. The van der Waals surface area contributed by atoms with Gasteiger partial charge in [0.15, 0.2) is 0 Å². The van der Waals surface area contributed by atoms with Crippen molar-refractivity contribution >= 4 is 11.6 Å². The molecule has 1 saturated heterocycles. The third-order valence-corrected chi connectivity index (χ3v) is 3.03. The molecule has 1 aliphatic heterocycles. The molecule has 1 atom stereocenters. The van der Waals surface area contributed by atoms with Crippen molar-refractivity contribution < 1.29 is 9.47 Å². The van der Waals surface area contributed by atoms with Gasteiger partial charge in [-0.15, -0.1) is 11.6 Å². The molecule has 15 heavy (non-hydrogen) atoms. The van der Waals surface area contributed by atoms with Gasteiger partial charge in [0, 0.05) is 33.4 Å². The fraction of sp³-hybridized carbons (Fsp3) is 1.00. The second-order valence-corrected chi connectivity index (χ2v) is 4.95. The van der Waals surface area contributed by atoms with Crippen LogP contribution in [-0.2, 0) is 9.47 Å². The highest BCUT2D eigenvalue weighted by Gasteiger charge is 2.17. The molecule has 0 amide bonds. The molecular weight excluding hydrogens is 214 g/mol. The number of alkyl halides is 1. The number of nitrogens with zero attached hydrogens (tertiary/aromatic N) is 1. The predicted molar refractivity (Wildman–Crippen MR) is 62.6 cm³/mol. The van der Waals surface area contributed by atoms with E-state index in [1.165, 1.54) is 12.8 Å². The van der Waals surface area contributed by atoms with E-state index in [2.05, 4.69) is 11.9 Å². The number of ether oxygens (including phenoxy) is 2.